The fraction of sp³-hybridized carbons (Fsp3) is 0.227. The van der Waals surface area contributed by atoms with Crippen molar-refractivity contribution in [3.05, 3.63) is 60.2 Å². The molecule has 0 aliphatic heterocycles. The maximum atomic E-state index is 12.9. The molecule has 0 aliphatic rings. The van der Waals surface area contributed by atoms with E-state index in [2.05, 4.69) is 10.3 Å². The van der Waals surface area contributed by atoms with E-state index >= 15 is 0 Å². The molecule has 0 bridgehead atoms. The molecule has 2 amide bonds. The second-order valence-corrected chi connectivity index (χ2v) is 11.0. The average molecular weight is 505 g/mol. The summed E-state index contributed by atoms with van der Waals surface area (Å²) in [7, 11) is -3.60. The minimum Gasteiger partial charge on any atom is -0.369 e. The van der Waals surface area contributed by atoms with E-state index in [0.29, 0.717) is 33.7 Å². The first-order valence-electron chi connectivity index (χ1n) is 10.1. The number of nitrogens with two attached hydrogens (primary N) is 1. The molecule has 3 rings (SSSR count). The number of thioether (sulfide) groups is 1. The third-order valence-electron chi connectivity index (χ3n) is 4.68. The van der Waals surface area contributed by atoms with Gasteiger partial charge in [0.25, 0.3) is 5.91 Å². The summed E-state index contributed by atoms with van der Waals surface area (Å²) in [6.07, 6.45) is 0. The molecule has 174 valence electrons. The summed E-state index contributed by atoms with van der Waals surface area (Å²) in [5.74, 6) is -0.770. The number of hydrogen-bond acceptors (Lipinski definition) is 7. The highest BCUT2D eigenvalue weighted by Gasteiger charge is 2.22. The van der Waals surface area contributed by atoms with E-state index in [9.17, 15) is 18.0 Å². The molecule has 3 aromatic rings. The molecular formula is C22H24N4O4S3. The van der Waals surface area contributed by atoms with E-state index < -0.39 is 21.8 Å². The second kappa shape index (κ2) is 10.9. The van der Waals surface area contributed by atoms with Crippen molar-refractivity contribution in [3.63, 3.8) is 0 Å². The van der Waals surface area contributed by atoms with Crippen LogP contribution in [-0.4, -0.2) is 48.4 Å². The summed E-state index contributed by atoms with van der Waals surface area (Å²) in [4.78, 5) is 28.7. The van der Waals surface area contributed by atoms with Gasteiger partial charge in [-0.05, 0) is 24.3 Å². The molecule has 0 fully saturated rings. The van der Waals surface area contributed by atoms with Gasteiger partial charge in [0.2, 0.25) is 15.9 Å². The minimum atomic E-state index is -3.60. The van der Waals surface area contributed by atoms with E-state index in [0.717, 1.165) is 5.56 Å². The predicted octanol–water partition coefficient (Wildman–Crippen LogP) is 3.67. The lowest BCUT2D eigenvalue weighted by Crippen LogP contribution is -2.30. The molecule has 0 saturated heterocycles. The fourth-order valence-corrected chi connectivity index (χ4v) is 6.30. The lowest BCUT2D eigenvalue weighted by molar-refractivity contribution is -0.115. The van der Waals surface area contributed by atoms with Crippen molar-refractivity contribution in [1.29, 1.82) is 0 Å². The smallest absolute Gasteiger partial charge is 0.256 e. The van der Waals surface area contributed by atoms with Crippen molar-refractivity contribution in [2.45, 2.75) is 23.1 Å². The number of carbonyl (C=O) groups excluding carboxylic acids is 2. The van der Waals surface area contributed by atoms with Crippen LogP contribution in [0.25, 0.3) is 11.3 Å². The van der Waals surface area contributed by atoms with Crippen molar-refractivity contribution in [3.8, 4) is 11.3 Å². The maximum absolute atomic E-state index is 12.9. The van der Waals surface area contributed by atoms with Crippen molar-refractivity contribution in [2.75, 3.05) is 24.2 Å². The summed E-state index contributed by atoms with van der Waals surface area (Å²) in [5, 5.41) is 3.39. The molecule has 1 heterocycles. The quantitative estimate of drug-likeness (QED) is 0.406. The normalized spacial score (nSPS) is 11.5. The van der Waals surface area contributed by atoms with Gasteiger partial charge in [0.05, 0.1) is 10.6 Å². The van der Waals surface area contributed by atoms with Crippen molar-refractivity contribution in [2.24, 2.45) is 5.73 Å². The minimum absolute atomic E-state index is 0.0810. The number of rotatable bonds is 10. The van der Waals surface area contributed by atoms with Crippen molar-refractivity contribution >= 4 is 49.9 Å². The molecule has 2 aromatic carbocycles. The van der Waals surface area contributed by atoms with Gasteiger partial charge in [-0.1, -0.05) is 67.3 Å². The first-order valence-corrected chi connectivity index (χ1v) is 13.4. The zero-order chi connectivity index (χ0) is 24.0. The standard InChI is InChI=1S/C22H24N4O4S3/c1-3-26(4-2)33(29,30)17-12-10-16(11-13-17)20(28)25-21-19(15-8-6-5-7-9-15)24-22(32-21)31-14-18(23)27/h5-13H,3-4,14H2,1-2H3,(H2,23,27)(H,25,28). The topological polar surface area (TPSA) is 122 Å². The number of primary amides is 1. The van der Waals surface area contributed by atoms with Crippen LogP contribution in [0.15, 0.2) is 63.8 Å². The molecule has 33 heavy (non-hydrogen) atoms. The van der Waals surface area contributed by atoms with Crippen LogP contribution in [0, 0.1) is 0 Å². The van der Waals surface area contributed by atoms with Gasteiger partial charge in [-0.2, -0.15) is 4.31 Å². The summed E-state index contributed by atoms with van der Waals surface area (Å²) in [6, 6.07) is 15.2. The number of sulfonamides is 1. The Labute approximate surface area is 201 Å². The molecule has 0 saturated carbocycles. The van der Waals surface area contributed by atoms with Crippen molar-refractivity contribution < 1.29 is 18.0 Å². The lowest BCUT2D eigenvalue weighted by Gasteiger charge is -2.18. The highest BCUT2D eigenvalue weighted by Crippen LogP contribution is 2.37. The number of thiazole rings is 1. The Bertz CT molecular complexity index is 1220. The number of hydrogen-bond donors (Lipinski definition) is 2. The zero-order valence-corrected chi connectivity index (χ0v) is 20.6. The number of benzene rings is 2. The summed E-state index contributed by atoms with van der Waals surface area (Å²) < 4.78 is 27.3. The molecule has 0 aliphatic carbocycles. The van der Waals surface area contributed by atoms with Gasteiger partial charge in [-0.3, -0.25) is 9.59 Å². The fourth-order valence-electron chi connectivity index (χ4n) is 3.04. The molecule has 0 spiro atoms. The van der Waals surface area contributed by atoms with Crippen LogP contribution in [-0.2, 0) is 14.8 Å². The van der Waals surface area contributed by atoms with E-state index in [-0.39, 0.29) is 10.6 Å². The Kier molecular flexibility index (Phi) is 8.25. The van der Waals surface area contributed by atoms with Crippen molar-refractivity contribution in [1.82, 2.24) is 9.29 Å². The Hall–Kier alpha value is -2.73. The summed E-state index contributed by atoms with van der Waals surface area (Å²) in [6.45, 7) is 4.28. The van der Waals surface area contributed by atoms with Gasteiger partial charge >= 0.3 is 0 Å². The number of amides is 2. The van der Waals surface area contributed by atoms with Crippen LogP contribution in [0.3, 0.4) is 0 Å². The largest absolute Gasteiger partial charge is 0.369 e. The number of nitrogens with one attached hydrogen (secondary N) is 1. The Morgan fingerprint density at radius 1 is 1.06 bits per heavy atom. The number of aromatic nitrogens is 1. The van der Waals surface area contributed by atoms with Crippen LogP contribution >= 0.6 is 23.1 Å². The average Bonchev–Trinajstić information content (AvgIpc) is 3.21. The van der Waals surface area contributed by atoms with Gasteiger partial charge in [-0.15, -0.1) is 0 Å². The van der Waals surface area contributed by atoms with Gasteiger partial charge in [0, 0.05) is 24.2 Å². The SMILES string of the molecule is CCN(CC)S(=O)(=O)c1ccc(C(=O)Nc2sc(SCC(N)=O)nc2-c2ccccc2)cc1. The number of nitrogens with zero attached hydrogens (tertiary/aromatic N) is 2. The Balaban J connectivity index is 1.85. The Morgan fingerprint density at radius 3 is 2.27 bits per heavy atom. The van der Waals surface area contributed by atoms with E-state index in [4.69, 9.17) is 5.73 Å². The van der Waals surface area contributed by atoms with Crippen LogP contribution in [0.5, 0.6) is 0 Å². The molecule has 11 heteroatoms. The first-order chi connectivity index (χ1) is 15.8. The third-order valence-corrected chi connectivity index (χ3v) is 8.88. The van der Waals surface area contributed by atoms with Crippen LogP contribution in [0.2, 0.25) is 0 Å². The zero-order valence-electron chi connectivity index (χ0n) is 18.1. The van der Waals surface area contributed by atoms with Gasteiger partial charge < -0.3 is 11.1 Å². The lowest BCUT2D eigenvalue weighted by atomic mass is 10.1. The highest BCUT2D eigenvalue weighted by atomic mass is 32.2. The summed E-state index contributed by atoms with van der Waals surface area (Å²) in [5.41, 5.74) is 6.95. The number of carbonyl (C=O) groups is 2. The van der Waals surface area contributed by atoms with Gasteiger partial charge in [-0.25, -0.2) is 13.4 Å². The van der Waals surface area contributed by atoms with E-state index in [1.54, 1.807) is 13.8 Å². The third kappa shape index (κ3) is 5.99. The Morgan fingerprint density at radius 2 is 1.70 bits per heavy atom. The maximum Gasteiger partial charge on any atom is 0.256 e. The number of anilines is 1. The molecule has 0 atom stereocenters. The van der Waals surface area contributed by atoms with E-state index in [1.807, 2.05) is 30.3 Å². The molecule has 0 unspecified atom stereocenters. The van der Waals surface area contributed by atoms with Crippen LogP contribution < -0.4 is 11.1 Å². The van der Waals surface area contributed by atoms with Crippen LogP contribution in [0.4, 0.5) is 5.00 Å². The monoisotopic (exact) mass is 504 g/mol. The highest BCUT2D eigenvalue weighted by molar-refractivity contribution is 8.01. The van der Waals surface area contributed by atoms with Gasteiger partial charge in [0.15, 0.2) is 4.34 Å². The molecule has 0 radical (unpaired) electrons. The molecular weight excluding hydrogens is 480 g/mol. The molecule has 8 nitrogen and oxygen atoms in total. The van der Waals surface area contributed by atoms with Crippen LogP contribution in [0.1, 0.15) is 24.2 Å². The second-order valence-electron chi connectivity index (χ2n) is 6.85. The summed E-state index contributed by atoms with van der Waals surface area (Å²) >= 11 is 2.45. The first kappa shape index (κ1) is 24.9. The predicted molar refractivity (Wildman–Crippen MR) is 132 cm³/mol. The molecule has 3 N–H and O–H groups in total. The van der Waals surface area contributed by atoms with E-state index in [1.165, 1.54) is 51.7 Å². The van der Waals surface area contributed by atoms with Gasteiger partial charge in [0.1, 0.15) is 10.7 Å². The molecule has 1 aromatic heterocycles.